The molecular weight excluding hydrogens is 256 g/mol. The summed E-state index contributed by atoms with van der Waals surface area (Å²) in [5, 5.41) is 8.38. The number of benzene rings is 1. The highest BCUT2D eigenvalue weighted by Gasteiger charge is 2.00. The number of hydrogen-bond acceptors (Lipinski definition) is 4. The zero-order valence-corrected chi connectivity index (χ0v) is 11.2. The maximum absolute atomic E-state index is 4.26. The Labute approximate surface area is 114 Å². The van der Waals surface area contributed by atoms with Gasteiger partial charge in [-0.25, -0.2) is 0 Å². The molecule has 3 rings (SSSR count). The molecule has 0 N–H and O–H groups in total. The molecule has 0 fully saturated rings. The Hall–Kier alpha value is -2.27. The van der Waals surface area contributed by atoms with Crippen LogP contribution in [0.5, 0.6) is 0 Å². The van der Waals surface area contributed by atoms with Crippen LogP contribution in [-0.2, 0) is 7.05 Å². The van der Waals surface area contributed by atoms with E-state index in [2.05, 4.69) is 27.3 Å². The van der Waals surface area contributed by atoms with Crippen molar-refractivity contribution in [1.29, 1.82) is 0 Å². The summed E-state index contributed by atoms with van der Waals surface area (Å²) in [5.74, 6) is 0. The minimum atomic E-state index is 0.876. The first-order chi connectivity index (χ1) is 9.34. The van der Waals surface area contributed by atoms with E-state index in [1.807, 2.05) is 35.9 Å². The minimum Gasteiger partial charge on any atom is -0.318 e. The molecule has 0 atom stereocenters. The van der Waals surface area contributed by atoms with E-state index >= 15 is 0 Å². The second-order valence-corrected chi connectivity index (χ2v) is 5.05. The van der Waals surface area contributed by atoms with E-state index in [1.54, 1.807) is 29.9 Å². The Balaban J connectivity index is 1.98. The molecule has 1 aromatic carbocycles. The minimum absolute atomic E-state index is 0.876. The second-order valence-electron chi connectivity index (χ2n) is 4.04. The number of pyridine rings is 1. The van der Waals surface area contributed by atoms with Crippen LogP contribution in [0.15, 0.2) is 59.0 Å². The van der Waals surface area contributed by atoms with Gasteiger partial charge in [0.15, 0.2) is 0 Å². The number of aromatic nitrogens is 2. The lowest BCUT2D eigenvalue weighted by Gasteiger charge is -1.92. The third-order valence-electron chi connectivity index (χ3n) is 2.75. The number of aryl methyl sites for hydroxylation is 1. The molecule has 19 heavy (non-hydrogen) atoms. The van der Waals surface area contributed by atoms with E-state index in [0.717, 1.165) is 10.4 Å². The average Bonchev–Trinajstić information content (AvgIpc) is 2.78. The average molecular weight is 268 g/mol. The highest BCUT2D eigenvalue weighted by Crippen LogP contribution is 2.14. The van der Waals surface area contributed by atoms with Crippen LogP contribution in [0, 0.1) is 0 Å². The summed E-state index contributed by atoms with van der Waals surface area (Å²) in [6, 6.07) is 12.0. The highest BCUT2D eigenvalue weighted by atomic mass is 32.1. The molecule has 0 radical (unpaired) electrons. The van der Waals surface area contributed by atoms with Gasteiger partial charge >= 0.3 is 0 Å². The summed E-state index contributed by atoms with van der Waals surface area (Å²) < 4.78 is 3.25. The van der Waals surface area contributed by atoms with Crippen molar-refractivity contribution in [1.82, 2.24) is 9.55 Å². The lowest BCUT2D eigenvalue weighted by molar-refractivity contribution is 0.889. The Morgan fingerprint density at radius 1 is 1.21 bits per heavy atom. The molecule has 2 aromatic heterocycles. The Morgan fingerprint density at radius 2 is 2.11 bits per heavy atom. The smallest absolute Gasteiger partial charge is 0.211 e. The van der Waals surface area contributed by atoms with Crippen molar-refractivity contribution in [3.8, 4) is 0 Å². The number of nitrogens with zero attached hydrogens (tertiary/aromatic N) is 4. The third-order valence-corrected chi connectivity index (χ3v) is 3.85. The van der Waals surface area contributed by atoms with Gasteiger partial charge in [0.2, 0.25) is 4.80 Å². The standard InChI is InChI=1S/C14H12N4S/c1-18-12-6-2-3-7-13(12)19-14(18)17-16-10-11-5-4-8-15-9-11/h2-10H,1H3/b16-10+,17-14+. The fraction of sp³-hybridized carbons (Fsp3) is 0.0714. The lowest BCUT2D eigenvalue weighted by atomic mass is 10.3. The van der Waals surface area contributed by atoms with E-state index < -0.39 is 0 Å². The van der Waals surface area contributed by atoms with Gasteiger partial charge in [-0.05, 0) is 18.2 Å². The molecule has 0 aliphatic rings. The second kappa shape index (κ2) is 5.16. The zero-order chi connectivity index (χ0) is 13.1. The molecule has 0 bridgehead atoms. The van der Waals surface area contributed by atoms with Crippen molar-refractivity contribution < 1.29 is 0 Å². The quantitative estimate of drug-likeness (QED) is 0.520. The molecule has 0 aliphatic carbocycles. The first-order valence-electron chi connectivity index (χ1n) is 5.86. The fourth-order valence-corrected chi connectivity index (χ4v) is 2.75. The molecule has 4 nitrogen and oxygen atoms in total. The third kappa shape index (κ3) is 2.46. The topological polar surface area (TPSA) is 42.5 Å². The first kappa shape index (κ1) is 11.8. The van der Waals surface area contributed by atoms with Gasteiger partial charge in [-0.1, -0.05) is 29.5 Å². The van der Waals surface area contributed by atoms with Crippen molar-refractivity contribution in [3.63, 3.8) is 0 Å². The summed E-state index contributed by atoms with van der Waals surface area (Å²) >= 11 is 1.63. The van der Waals surface area contributed by atoms with Crippen LogP contribution in [0.2, 0.25) is 0 Å². The van der Waals surface area contributed by atoms with Gasteiger partial charge in [-0.3, -0.25) is 4.98 Å². The van der Waals surface area contributed by atoms with Crippen LogP contribution < -0.4 is 4.80 Å². The normalized spacial score (nSPS) is 12.6. The number of hydrogen-bond donors (Lipinski definition) is 0. The van der Waals surface area contributed by atoms with Gasteiger partial charge < -0.3 is 4.57 Å². The summed E-state index contributed by atoms with van der Waals surface area (Å²) in [7, 11) is 2.00. The van der Waals surface area contributed by atoms with Crippen molar-refractivity contribution in [3.05, 3.63) is 59.2 Å². The molecule has 0 unspecified atom stereocenters. The van der Waals surface area contributed by atoms with Crippen LogP contribution in [0.25, 0.3) is 10.2 Å². The fourth-order valence-electron chi connectivity index (χ4n) is 1.78. The largest absolute Gasteiger partial charge is 0.318 e. The molecule has 0 spiro atoms. The van der Waals surface area contributed by atoms with Gasteiger partial charge in [0.1, 0.15) is 0 Å². The molecule has 2 heterocycles. The van der Waals surface area contributed by atoms with Crippen LogP contribution in [0.3, 0.4) is 0 Å². The van der Waals surface area contributed by atoms with Crippen LogP contribution >= 0.6 is 11.3 Å². The zero-order valence-electron chi connectivity index (χ0n) is 10.4. The van der Waals surface area contributed by atoms with Crippen molar-refractivity contribution in [2.24, 2.45) is 17.3 Å². The molecule has 0 aliphatic heterocycles. The molecule has 94 valence electrons. The maximum atomic E-state index is 4.26. The van der Waals surface area contributed by atoms with Gasteiger partial charge in [0.05, 0.1) is 16.4 Å². The number of rotatable bonds is 2. The first-order valence-corrected chi connectivity index (χ1v) is 6.68. The molecule has 3 aromatic rings. The van der Waals surface area contributed by atoms with E-state index in [0.29, 0.717) is 0 Å². The monoisotopic (exact) mass is 268 g/mol. The Bertz CT molecular complexity index is 784. The number of thiazole rings is 1. The van der Waals surface area contributed by atoms with Gasteiger partial charge in [0.25, 0.3) is 0 Å². The predicted molar refractivity (Wildman–Crippen MR) is 78.2 cm³/mol. The van der Waals surface area contributed by atoms with Crippen LogP contribution in [0.1, 0.15) is 5.56 Å². The van der Waals surface area contributed by atoms with Crippen molar-refractivity contribution in [2.75, 3.05) is 0 Å². The van der Waals surface area contributed by atoms with Gasteiger partial charge in [-0.2, -0.15) is 5.10 Å². The van der Waals surface area contributed by atoms with Crippen LogP contribution in [-0.4, -0.2) is 15.8 Å². The summed E-state index contributed by atoms with van der Waals surface area (Å²) in [6.45, 7) is 0. The summed E-state index contributed by atoms with van der Waals surface area (Å²) in [4.78, 5) is 4.90. The van der Waals surface area contributed by atoms with E-state index in [4.69, 9.17) is 0 Å². The van der Waals surface area contributed by atoms with E-state index in [-0.39, 0.29) is 0 Å². The van der Waals surface area contributed by atoms with Crippen molar-refractivity contribution in [2.45, 2.75) is 0 Å². The van der Waals surface area contributed by atoms with Crippen molar-refractivity contribution >= 4 is 27.8 Å². The van der Waals surface area contributed by atoms with E-state index in [9.17, 15) is 0 Å². The molecular formula is C14H12N4S. The predicted octanol–water partition coefficient (Wildman–Crippen LogP) is 2.57. The summed E-state index contributed by atoms with van der Waals surface area (Å²) in [6.07, 6.45) is 5.20. The maximum Gasteiger partial charge on any atom is 0.211 e. The number of para-hydroxylation sites is 1. The van der Waals surface area contributed by atoms with E-state index in [1.165, 1.54) is 10.2 Å². The molecule has 0 saturated heterocycles. The number of fused-ring (bicyclic) bond motifs is 1. The van der Waals surface area contributed by atoms with Crippen LogP contribution in [0.4, 0.5) is 0 Å². The molecule has 0 saturated carbocycles. The Morgan fingerprint density at radius 3 is 2.89 bits per heavy atom. The highest BCUT2D eigenvalue weighted by molar-refractivity contribution is 7.16. The lowest BCUT2D eigenvalue weighted by Crippen LogP contribution is -2.08. The Kier molecular flexibility index (Phi) is 3.20. The summed E-state index contributed by atoms with van der Waals surface area (Å²) in [5.41, 5.74) is 2.11. The molecule has 5 heteroatoms. The van der Waals surface area contributed by atoms with Gasteiger partial charge in [-0.15, -0.1) is 5.10 Å². The SMILES string of the molecule is Cn1/c(=N\N=C\c2cccnc2)sc2ccccc21. The molecule has 0 amide bonds. The van der Waals surface area contributed by atoms with Gasteiger partial charge in [0, 0.05) is 25.0 Å².